The molecule has 5 heteroatoms. The van der Waals surface area contributed by atoms with Crippen LogP contribution >= 0.6 is 11.6 Å². The number of hydrogen-bond acceptors (Lipinski definition) is 3. The van der Waals surface area contributed by atoms with Crippen molar-refractivity contribution in [3.05, 3.63) is 35.5 Å². The molecule has 0 bridgehead atoms. The third-order valence-electron chi connectivity index (χ3n) is 2.22. The highest BCUT2D eigenvalue weighted by molar-refractivity contribution is 6.29. The normalized spacial score (nSPS) is 10.3. The first-order valence-electron chi connectivity index (χ1n) is 4.54. The van der Waals surface area contributed by atoms with Crippen molar-refractivity contribution < 1.29 is 0 Å². The zero-order valence-electron chi connectivity index (χ0n) is 8.53. The predicted octanol–water partition coefficient (Wildman–Crippen LogP) is 2.52. The van der Waals surface area contributed by atoms with Gasteiger partial charge < -0.3 is 9.88 Å². The standard InChI is InChI=1S/C10H11ClN4/c1-7-13-6-10(15(7)2)14-8-3-4-12-9(11)5-8/h3-6H,1-2H3,(H,12,14). The Morgan fingerprint density at radius 1 is 1.40 bits per heavy atom. The molecule has 0 aliphatic carbocycles. The Kier molecular flexibility index (Phi) is 2.60. The Labute approximate surface area is 92.9 Å². The molecule has 0 aliphatic rings. The summed E-state index contributed by atoms with van der Waals surface area (Å²) in [6.07, 6.45) is 3.44. The van der Waals surface area contributed by atoms with Gasteiger partial charge in [-0.2, -0.15) is 0 Å². The molecule has 0 unspecified atom stereocenters. The maximum Gasteiger partial charge on any atom is 0.131 e. The van der Waals surface area contributed by atoms with E-state index in [0.29, 0.717) is 5.15 Å². The van der Waals surface area contributed by atoms with Crippen LogP contribution in [0.15, 0.2) is 24.5 Å². The smallest absolute Gasteiger partial charge is 0.131 e. The highest BCUT2D eigenvalue weighted by atomic mass is 35.5. The summed E-state index contributed by atoms with van der Waals surface area (Å²) in [5.41, 5.74) is 0.901. The molecular weight excluding hydrogens is 212 g/mol. The van der Waals surface area contributed by atoms with E-state index in [1.54, 1.807) is 18.5 Å². The fourth-order valence-corrected chi connectivity index (χ4v) is 1.42. The summed E-state index contributed by atoms with van der Waals surface area (Å²) in [7, 11) is 1.95. The van der Waals surface area contributed by atoms with Crippen LogP contribution in [0.5, 0.6) is 0 Å². The van der Waals surface area contributed by atoms with Gasteiger partial charge in [-0.1, -0.05) is 11.6 Å². The molecule has 0 saturated carbocycles. The SMILES string of the molecule is Cc1ncc(Nc2ccnc(Cl)c2)n1C. The number of imidazole rings is 1. The summed E-state index contributed by atoms with van der Waals surface area (Å²) in [6, 6.07) is 3.62. The molecule has 0 aliphatic heterocycles. The number of rotatable bonds is 2. The second-order valence-electron chi connectivity index (χ2n) is 3.24. The number of anilines is 2. The van der Waals surface area contributed by atoms with Crippen LogP contribution in [-0.4, -0.2) is 14.5 Å². The second kappa shape index (κ2) is 3.90. The average Bonchev–Trinajstić information content (AvgIpc) is 2.50. The summed E-state index contributed by atoms with van der Waals surface area (Å²) < 4.78 is 1.97. The topological polar surface area (TPSA) is 42.7 Å². The average molecular weight is 223 g/mol. The van der Waals surface area contributed by atoms with Crippen molar-refractivity contribution in [2.75, 3.05) is 5.32 Å². The van der Waals surface area contributed by atoms with Crippen molar-refractivity contribution in [3.63, 3.8) is 0 Å². The van der Waals surface area contributed by atoms with Crippen LogP contribution in [0, 0.1) is 6.92 Å². The third-order valence-corrected chi connectivity index (χ3v) is 2.43. The van der Waals surface area contributed by atoms with Gasteiger partial charge >= 0.3 is 0 Å². The lowest BCUT2D eigenvalue weighted by Crippen LogP contribution is -1.99. The molecule has 0 saturated heterocycles. The largest absolute Gasteiger partial charge is 0.340 e. The Morgan fingerprint density at radius 3 is 2.80 bits per heavy atom. The minimum absolute atomic E-state index is 0.471. The van der Waals surface area contributed by atoms with E-state index in [0.717, 1.165) is 17.3 Å². The molecule has 2 aromatic heterocycles. The molecule has 0 spiro atoms. The zero-order valence-corrected chi connectivity index (χ0v) is 9.28. The van der Waals surface area contributed by atoms with Crippen LogP contribution in [0.1, 0.15) is 5.82 Å². The second-order valence-corrected chi connectivity index (χ2v) is 3.63. The summed E-state index contributed by atoms with van der Waals surface area (Å²) >= 11 is 5.78. The first kappa shape index (κ1) is 9.98. The van der Waals surface area contributed by atoms with E-state index in [-0.39, 0.29) is 0 Å². The zero-order chi connectivity index (χ0) is 10.8. The van der Waals surface area contributed by atoms with Gasteiger partial charge in [-0.3, -0.25) is 0 Å². The number of nitrogens with zero attached hydrogens (tertiary/aromatic N) is 3. The molecule has 0 aromatic carbocycles. The monoisotopic (exact) mass is 222 g/mol. The summed E-state index contributed by atoms with van der Waals surface area (Å²) in [6.45, 7) is 1.95. The van der Waals surface area contributed by atoms with Crippen LogP contribution in [-0.2, 0) is 7.05 Å². The molecule has 15 heavy (non-hydrogen) atoms. The lowest BCUT2D eigenvalue weighted by molar-refractivity contribution is 0.865. The minimum atomic E-state index is 0.471. The molecule has 2 aromatic rings. The molecule has 2 heterocycles. The number of aryl methyl sites for hydroxylation is 1. The van der Waals surface area contributed by atoms with Crippen LogP contribution < -0.4 is 5.32 Å². The van der Waals surface area contributed by atoms with Gasteiger partial charge in [-0.15, -0.1) is 0 Å². The van der Waals surface area contributed by atoms with Crippen molar-refractivity contribution in [3.8, 4) is 0 Å². The maximum absolute atomic E-state index is 5.78. The number of aromatic nitrogens is 3. The Bertz CT molecular complexity index is 478. The summed E-state index contributed by atoms with van der Waals surface area (Å²) in [4.78, 5) is 8.10. The molecule has 1 N–H and O–H groups in total. The van der Waals surface area contributed by atoms with Crippen molar-refractivity contribution in [2.45, 2.75) is 6.92 Å². The van der Waals surface area contributed by atoms with Crippen molar-refractivity contribution >= 4 is 23.1 Å². The maximum atomic E-state index is 5.78. The molecular formula is C10H11ClN4. The van der Waals surface area contributed by atoms with Crippen LogP contribution in [0.3, 0.4) is 0 Å². The van der Waals surface area contributed by atoms with E-state index in [9.17, 15) is 0 Å². The first-order chi connectivity index (χ1) is 7.16. The van der Waals surface area contributed by atoms with Crippen LogP contribution in [0.25, 0.3) is 0 Å². The number of pyridine rings is 1. The first-order valence-corrected chi connectivity index (χ1v) is 4.91. The van der Waals surface area contributed by atoms with Crippen molar-refractivity contribution in [1.82, 2.24) is 14.5 Å². The highest BCUT2D eigenvalue weighted by Gasteiger charge is 2.02. The number of nitrogens with one attached hydrogen (secondary N) is 1. The molecule has 2 rings (SSSR count). The van der Waals surface area contributed by atoms with E-state index < -0.39 is 0 Å². The summed E-state index contributed by atoms with van der Waals surface area (Å²) in [5.74, 6) is 1.88. The quantitative estimate of drug-likeness (QED) is 0.794. The Morgan fingerprint density at radius 2 is 2.20 bits per heavy atom. The molecule has 0 amide bonds. The Hall–Kier alpha value is -1.55. The lowest BCUT2D eigenvalue weighted by atomic mass is 10.4. The van der Waals surface area contributed by atoms with Crippen molar-refractivity contribution in [2.24, 2.45) is 7.05 Å². The molecule has 0 fully saturated rings. The van der Waals surface area contributed by atoms with Gasteiger partial charge in [0.2, 0.25) is 0 Å². The van der Waals surface area contributed by atoms with Gasteiger partial charge in [0, 0.05) is 18.9 Å². The molecule has 0 atom stereocenters. The minimum Gasteiger partial charge on any atom is -0.340 e. The van der Waals surface area contributed by atoms with Gasteiger partial charge in [-0.25, -0.2) is 9.97 Å². The van der Waals surface area contributed by atoms with E-state index in [2.05, 4.69) is 15.3 Å². The third kappa shape index (κ3) is 2.10. The van der Waals surface area contributed by atoms with Gasteiger partial charge in [0.15, 0.2) is 0 Å². The van der Waals surface area contributed by atoms with Crippen LogP contribution in [0.2, 0.25) is 5.15 Å². The predicted molar refractivity (Wildman–Crippen MR) is 60.5 cm³/mol. The van der Waals surface area contributed by atoms with E-state index >= 15 is 0 Å². The van der Waals surface area contributed by atoms with Gasteiger partial charge in [0.05, 0.1) is 6.20 Å². The summed E-state index contributed by atoms with van der Waals surface area (Å²) in [5, 5.41) is 3.68. The fourth-order valence-electron chi connectivity index (χ4n) is 1.25. The van der Waals surface area contributed by atoms with Gasteiger partial charge in [-0.05, 0) is 19.1 Å². The van der Waals surface area contributed by atoms with E-state index in [1.807, 2.05) is 24.6 Å². The fraction of sp³-hybridized carbons (Fsp3) is 0.200. The lowest BCUT2D eigenvalue weighted by Gasteiger charge is -2.07. The van der Waals surface area contributed by atoms with Gasteiger partial charge in [0.1, 0.15) is 16.8 Å². The number of hydrogen-bond donors (Lipinski definition) is 1. The molecule has 4 nitrogen and oxygen atoms in total. The highest BCUT2D eigenvalue weighted by Crippen LogP contribution is 2.18. The van der Waals surface area contributed by atoms with E-state index in [4.69, 9.17) is 11.6 Å². The molecule has 0 radical (unpaired) electrons. The Balaban J connectivity index is 2.26. The van der Waals surface area contributed by atoms with Crippen molar-refractivity contribution in [1.29, 1.82) is 0 Å². The van der Waals surface area contributed by atoms with Crippen LogP contribution in [0.4, 0.5) is 11.5 Å². The van der Waals surface area contributed by atoms with E-state index in [1.165, 1.54) is 0 Å². The van der Waals surface area contributed by atoms with Gasteiger partial charge in [0.25, 0.3) is 0 Å². The number of halogens is 1. The molecule has 78 valence electrons.